The second kappa shape index (κ2) is 8.13. The maximum Gasteiger partial charge on any atom is 0.217 e. The zero-order valence-corrected chi connectivity index (χ0v) is 17.0. The number of aryl methyl sites for hydroxylation is 1. The van der Waals surface area contributed by atoms with Crippen LogP contribution in [0.2, 0.25) is 0 Å². The van der Waals surface area contributed by atoms with Gasteiger partial charge in [-0.05, 0) is 44.7 Å². The first-order valence-corrected chi connectivity index (χ1v) is 11.5. The van der Waals surface area contributed by atoms with Gasteiger partial charge in [-0.2, -0.15) is 0 Å². The quantitative estimate of drug-likeness (QED) is 0.826. The van der Waals surface area contributed by atoms with Crippen molar-refractivity contribution in [3.63, 3.8) is 0 Å². The van der Waals surface area contributed by atoms with Crippen molar-refractivity contribution in [2.75, 3.05) is 18.4 Å². The van der Waals surface area contributed by atoms with Gasteiger partial charge in [0.25, 0.3) is 0 Å². The lowest BCUT2D eigenvalue weighted by molar-refractivity contribution is 0.309. The third kappa shape index (κ3) is 4.17. The van der Waals surface area contributed by atoms with Crippen molar-refractivity contribution in [2.24, 2.45) is 0 Å². The fourth-order valence-electron chi connectivity index (χ4n) is 4.30. The summed E-state index contributed by atoms with van der Waals surface area (Å²) in [6.45, 7) is 3.12. The number of piperidine rings is 1. The van der Waals surface area contributed by atoms with E-state index in [0.717, 1.165) is 55.6 Å². The highest BCUT2D eigenvalue weighted by atomic mass is 32.2. The van der Waals surface area contributed by atoms with Gasteiger partial charge in [-0.3, -0.25) is 9.97 Å². The Hall–Kier alpha value is -2.06. The lowest BCUT2D eigenvalue weighted by atomic mass is 9.95. The molecular formula is C20H27N5O2S. The van der Waals surface area contributed by atoms with E-state index in [1.54, 1.807) is 22.9 Å². The Morgan fingerprint density at radius 2 is 1.93 bits per heavy atom. The van der Waals surface area contributed by atoms with Gasteiger partial charge in [-0.25, -0.2) is 17.7 Å². The largest absolute Gasteiger partial charge is 0.339 e. The van der Waals surface area contributed by atoms with E-state index in [9.17, 15) is 8.42 Å². The summed E-state index contributed by atoms with van der Waals surface area (Å²) in [4.78, 5) is 13.0. The monoisotopic (exact) mass is 401 g/mol. The fourth-order valence-corrected chi connectivity index (χ4v) is 6.42. The second-order valence-corrected chi connectivity index (χ2v) is 10.00. The van der Waals surface area contributed by atoms with Crippen LogP contribution in [0.5, 0.6) is 0 Å². The number of aromatic nitrogens is 3. The summed E-state index contributed by atoms with van der Waals surface area (Å²) in [5.41, 5.74) is 2.75. The van der Waals surface area contributed by atoms with Gasteiger partial charge >= 0.3 is 0 Å². The molecule has 2 aliphatic rings. The number of sulfonamides is 1. The molecule has 1 saturated heterocycles. The van der Waals surface area contributed by atoms with Crippen molar-refractivity contribution in [3.8, 4) is 0 Å². The predicted octanol–water partition coefficient (Wildman–Crippen LogP) is 3.38. The van der Waals surface area contributed by atoms with Gasteiger partial charge in [0.05, 0.1) is 11.4 Å². The Morgan fingerprint density at radius 3 is 2.68 bits per heavy atom. The molecule has 1 atom stereocenters. The van der Waals surface area contributed by atoms with E-state index >= 15 is 0 Å². The van der Waals surface area contributed by atoms with Gasteiger partial charge in [0.1, 0.15) is 5.82 Å². The molecule has 1 aliphatic carbocycles. The van der Waals surface area contributed by atoms with E-state index in [1.165, 1.54) is 0 Å². The molecule has 0 bridgehead atoms. The van der Waals surface area contributed by atoms with E-state index in [2.05, 4.69) is 15.3 Å². The molecule has 0 amide bonds. The minimum Gasteiger partial charge on any atom is -0.339 e. The first-order valence-electron chi connectivity index (χ1n) is 10.0. The molecule has 1 N–H and O–H groups in total. The summed E-state index contributed by atoms with van der Waals surface area (Å²) in [6, 6.07) is 3.98. The second-order valence-electron chi connectivity index (χ2n) is 7.79. The Balaban J connectivity index is 1.53. The third-order valence-electron chi connectivity index (χ3n) is 5.69. The van der Waals surface area contributed by atoms with Gasteiger partial charge in [0, 0.05) is 48.5 Å². The smallest absolute Gasteiger partial charge is 0.217 e. The molecule has 2 aromatic heterocycles. The molecule has 7 nitrogen and oxygen atoms in total. The maximum absolute atomic E-state index is 13.0. The molecule has 3 heterocycles. The number of rotatable bonds is 5. The molecule has 0 aromatic carbocycles. The van der Waals surface area contributed by atoms with E-state index in [1.807, 2.05) is 19.1 Å². The standard InChI is InChI=1S/C20H27N5O2S/c1-15-11-17(24-20-13-21-8-9-22-20)12-19(23-15)16-5-4-10-25(14-16)28(26,27)18-6-2-3-7-18/h8-9,11-13,16,18H,2-7,10,14H2,1H3,(H,22,23,24)/t16-/m1/s1. The van der Waals surface area contributed by atoms with Crippen LogP contribution in [0, 0.1) is 6.92 Å². The molecule has 4 rings (SSSR count). The number of hydrogen-bond donors (Lipinski definition) is 1. The molecule has 0 unspecified atom stereocenters. The summed E-state index contributed by atoms with van der Waals surface area (Å²) in [5.74, 6) is 0.792. The lowest BCUT2D eigenvalue weighted by Crippen LogP contribution is -2.43. The lowest BCUT2D eigenvalue weighted by Gasteiger charge is -2.33. The van der Waals surface area contributed by atoms with Crippen LogP contribution in [0.3, 0.4) is 0 Å². The Labute approximate surface area is 166 Å². The molecule has 1 aliphatic heterocycles. The van der Waals surface area contributed by atoms with Crippen molar-refractivity contribution in [3.05, 3.63) is 42.1 Å². The van der Waals surface area contributed by atoms with Crippen molar-refractivity contribution < 1.29 is 8.42 Å². The van der Waals surface area contributed by atoms with Crippen LogP contribution >= 0.6 is 0 Å². The van der Waals surface area contributed by atoms with E-state index in [0.29, 0.717) is 18.9 Å². The van der Waals surface area contributed by atoms with Crippen LogP contribution < -0.4 is 5.32 Å². The zero-order chi connectivity index (χ0) is 19.6. The number of pyridine rings is 1. The minimum absolute atomic E-state index is 0.118. The summed E-state index contributed by atoms with van der Waals surface area (Å²) >= 11 is 0. The van der Waals surface area contributed by atoms with Gasteiger partial charge in [0.2, 0.25) is 10.0 Å². The van der Waals surface area contributed by atoms with Crippen molar-refractivity contribution in [1.82, 2.24) is 19.3 Å². The van der Waals surface area contributed by atoms with Crippen LogP contribution in [0.1, 0.15) is 55.8 Å². The SMILES string of the molecule is Cc1cc(Nc2cnccn2)cc([C@@H]2CCCN(S(=O)(=O)C3CCCC3)C2)n1. The molecule has 8 heteroatoms. The van der Waals surface area contributed by atoms with Crippen molar-refractivity contribution in [2.45, 2.75) is 56.6 Å². The van der Waals surface area contributed by atoms with Gasteiger partial charge in [-0.1, -0.05) is 12.8 Å². The molecule has 28 heavy (non-hydrogen) atoms. The number of nitrogens with one attached hydrogen (secondary N) is 1. The summed E-state index contributed by atoms with van der Waals surface area (Å²) in [5, 5.41) is 3.08. The number of nitrogens with zero attached hydrogens (tertiary/aromatic N) is 4. The van der Waals surface area contributed by atoms with E-state index < -0.39 is 10.0 Å². The van der Waals surface area contributed by atoms with E-state index in [-0.39, 0.29) is 11.2 Å². The topological polar surface area (TPSA) is 88.1 Å². The number of anilines is 2. The van der Waals surface area contributed by atoms with Crippen LogP contribution in [-0.2, 0) is 10.0 Å². The molecule has 0 radical (unpaired) electrons. The molecule has 2 fully saturated rings. The number of hydrogen-bond acceptors (Lipinski definition) is 6. The van der Waals surface area contributed by atoms with Crippen molar-refractivity contribution in [1.29, 1.82) is 0 Å². The zero-order valence-electron chi connectivity index (χ0n) is 16.2. The average Bonchev–Trinajstić information content (AvgIpc) is 3.24. The molecule has 1 saturated carbocycles. The van der Waals surface area contributed by atoms with Gasteiger partial charge < -0.3 is 5.32 Å². The predicted molar refractivity (Wildman–Crippen MR) is 109 cm³/mol. The van der Waals surface area contributed by atoms with Crippen LogP contribution in [0.15, 0.2) is 30.7 Å². The summed E-state index contributed by atoms with van der Waals surface area (Å²) in [6.07, 6.45) is 10.4. The van der Waals surface area contributed by atoms with Gasteiger partial charge in [-0.15, -0.1) is 0 Å². The van der Waals surface area contributed by atoms with Crippen LogP contribution in [0.25, 0.3) is 0 Å². The van der Waals surface area contributed by atoms with Crippen LogP contribution in [-0.4, -0.2) is 46.0 Å². The van der Waals surface area contributed by atoms with E-state index in [4.69, 9.17) is 4.98 Å². The highest BCUT2D eigenvalue weighted by molar-refractivity contribution is 7.89. The Morgan fingerprint density at radius 1 is 1.11 bits per heavy atom. The Kier molecular flexibility index (Phi) is 5.59. The highest BCUT2D eigenvalue weighted by Crippen LogP contribution is 2.33. The molecule has 2 aromatic rings. The van der Waals surface area contributed by atoms with Crippen LogP contribution in [0.4, 0.5) is 11.5 Å². The molecule has 150 valence electrons. The molecule has 0 spiro atoms. The van der Waals surface area contributed by atoms with Crippen molar-refractivity contribution >= 4 is 21.5 Å². The highest BCUT2D eigenvalue weighted by Gasteiger charge is 2.37. The first kappa shape index (κ1) is 19.3. The normalized spacial score (nSPS) is 21.7. The molecular weight excluding hydrogens is 374 g/mol. The van der Waals surface area contributed by atoms with Gasteiger partial charge in [0.15, 0.2) is 0 Å². The first-order chi connectivity index (χ1) is 13.5. The minimum atomic E-state index is -3.20. The summed E-state index contributed by atoms with van der Waals surface area (Å²) in [7, 11) is -3.20. The fraction of sp³-hybridized carbons (Fsp3) is 0.550. The summed E-state index contributed by atoms with van der Waals surface area (Å²) < 4.78 is 27.8. The third-order valence-corrected chi connectivity index (χ3v) is 8.06. The maximum atomic E-state index is 13.0. The average molecular weight is 402 g/mol. The Bertz CT molecular complexity index is 913.